The zero-order valence-corrected chi connectivity index (χ0v) is 14.6. The molecule has 0 saturated carbocycles. The molecule has 5 nitrogen and oxygen atoms in total. The fourth-order valence-corrected chi connectivity index (χ4v) is 2.67. The minimum absolute atomic E-state index is 0.0493. The molecule has 0 aliphatic heterocycles. The van der Waals surface area contributed by atoms with E-state index in [9.17, 15) is 24.6 Å². The molecule has 1 aliphatic rings. The van der Waals surface area contributed by atoms with Crippen LogP contribution in [0.2, 0.25) is 0 Å². The Bertz CT molecular complexity index is 797. The van der Waals surface area contributed by atoms with E-state index in [1.165, 1.54) is 0 Å². The van der Waals surface area contributed by atoms with Gasteiger partial charge in [-0.2, -0.15) is 0 Å². The van der Waals surface area contributed by atoms with E-state index in [2.05, 4.69) is 13.8 Å². The second-order valence-corrected chi connectivity index (χ2v) is 6.71. The Morgan fingerprint density at radius 3 is 2.32 bits per heavy atom. The van der Waals surface area contributed by atoms with Crippen LogP contribution in [0.4, 0.5) is 0 Å². The number of carbonyl (C=O) groups excluding carboxylic acids is 3. The molecule has 0 saturated heterocycles. The second-order valence-electron chi connectivity index (χ2n) is 6.71. The number of benzene rings is 1. The van der Waals surface area contributed by atoms with Gasteiger partial charge in [-0.05, 0) is 43.9 Å². The first kappa shape index (κ1) is 18.6. The number of carbonyl (C=O) groups is 3. The number of phenolic OH excluding ortho intramolecular Hbond substituents is 2. The summed E-state index contributed by atoms with van der Waals surface area (Å²) in [6.07, 6.45) is 5.79. The van der Waals surface area contributed by atoms with Gasteiger partial charge in [-0.3, -0.25) is 14.4 Å². The molecule has 1 aromatic carbocycles. The van der Waals surface area contributed by atoms with Crippen molar-refractivity contribution in [1.82, 2.24) is 0 Å². The summed E-state index contributed by atoms with van der Waals surface area (Å²) in [6, 6.07) is 1.05. The molecule has 5 heteroatoms. The van der Waals surface area contributed by atoms with Gasteiger partial charge in [0.05, 0.1) is 16.7 Å². The predicted molar refractivity (Wildman–Crippen MR) is 94.3 cm³/mol. The SMILES string of the molecule is CC(=CCC(=O)c1cc(O)c2c(c1O)C(=O)C=CC2=O)CCC(C)C. The fraction of sp³-hybridized carbons (Fsp3) is 0.350. The van der Waals surface area contributed by atoms with E-state index in [4.69, 9.17) is 0 Å². The first-order valence-electron chi connectivity index (χ1n) is 8.26. The average Bonchev–Trinajstić information content (AvgIpc) is 2.55. The van der Waals surface area contributed by atoms with Crippen LogP contribution < -0.4 is 0 Å². The van der Waals surface area contributed by atoms with Crippen LogP contribution in [0.5, 0.6) is 11.5 Å². The summed E-state index contributed by atoms with van der Waals surface area (Å²) in [5.74, 6) is -2.06. The lowest BCUT2D eigenvalue weighted by molar-refractivity contribution is 0.0979. The lowest BCUT2D eigenvalue weighted by Crippen LogP contribution is -2.14. The molecule has 0 aromatic heterocycles. The van der Waals surface area contributed by atoms with Crippen molar-refractivity contribution in [2.45, 2.75) is 40.0 Å². The van der Waals surface area contributed by atoms with Gasteiger partial charge in [0.1, 0.15) is 11.5 Å². The number of allylic oxidation sites excluding steroid dienone is 4. The maximum absolute atomic E-state index is 12.4. The summed E-state index contributed by atoms with van der Waals surface area (Å²) in [5.41, 5.74) is 0.347. The maximum Gasteiger partial charge on any atom is 0.190 e. The van der Waals surface area contributed by atoms with Gasteiger partial charge in [0.25, 0.3) is 0 Å². The van der Waals surface area contributed by atoms with E-state index < -0.39 is 28.8 Å². The van der Waals surface area contributed by atoms with Crippen LogP contribution in [-0.4, -0.2) is 27.6 Å². The Balaban J connectivity index is 2.29. The van der Waals surface area contributed by atoms with Gasteiger partial charge >= 0.3 is 0 Å². The number of aromatic hydroxyl groups is 2. The molecule has 0 amide bonds. The fourth-order valence-electron chi connectivity index (χ4n) is 2.67. The van der Waals surface area contributed by atoms with Crippen LogP contribution in [-0.2, 0) is 0 Å². The van der Waals surface area contributed by atoms with Crippen LogP contribution in [0.25, 0.3) is 0 Å². The van der Waals surface area contributed by atoms with Gasteiger partial charge in [-0.15, -0.1) is 0 Å². The monoisotopic (exact) mass is 342 g/mol. The Labute approximate surface area is 146 Å². The number of phenols is 2. The molecule has 132 valence electrons. The number of hydrogen-bond donors (Lipinski definition) is 2. The van der Waals surface area contributed by atoms with Gasteiger partial charge < -0.3 is 10.2 Å². The van der Waals surface area contributed by atoms with Crippen LogP contribution in [0, 0.1) is 5.92 Å². The first-order valence-corrected chi connectivity index (χ1v) is 8.26. The smallest absolute Gasteiger partial charge is 0.190 e. The Morgan fingerprint density at radius 1 is 1.12 bits per heavy atom. The van der Waals surface area contributed by atoms with E-state index in [1.807, 2.05) is 6.92 Å². The van der Waals surface area contributed by atoms with E-state index >= 15 is 0 Å². The summed E-state index contributed by atoms with van der Waals surface area (Å²) in [4.78, 5) is 36.2. The summed E-state index contributed by atoms with van der Waals surface area (Å²) in [5, 5.41) is 20.3. The molecule has 1 aliphatic carbocycles. The molecular weight excluding hydrogens is 320 g/mol. The van der Waals surface area contributed by atoms with Gasteiger partial charge in [0, 0.05) is 6.42 Å². The van der Waals surface area contributed by atoms with E-state index in [0.717, 1.165) is 36.6 Å². The summed E-state index contributed by atoms with van der Waals surface area (Å²) in [6.45, 7) is 6.19. The van der Waals surface area contributed by atoms with Crippen molar-refractivity contribution in [3.63, 3.8) is 0 Å². The molecule has 0 radical (unpaired) electrons. The predicted octanol–water partition coefficient (Wildman–Crippen LogP) is 3.99. The largest absolute Gasteiger partial charge is 0.507 e. The van der Waals surface area contributed by atoms with Crippen molar-refractivity contribution >= 4 is 17.3 Å². The van der Waals surface area contributed by atoms with Crippen molar-refractivity contribution in [2.75, 3.05) is 0 Å². The second kappa shape index (κ2) is 7.47. The molecule has 1 aromatic rings. The van der Waals surface area contributed by atoms with Gasteiger partial charge in [-0.1, -0.05) is 25.5 Å². The molecule has 0 bridgehead atoms. The van der Waals surface area contributed by atoms with Crippen LogP contribution in [0.15, 0.2) is 29.9 Å². The third kappa shape index (κ3) is 4.05. The van der Waals surface area contributed by atoms with E-state index in [1.54, 1.807) is 6.08 Å². The van der Waals surface area contributed by atoms with Crippen LogP contribution in [0.3, 0.4) is 0 Å². The topological polar surface area (TPSA) is 91.7 Å². The molecule has 0 atom stereocenters. The zero-order chi connectivity index (χ0) is 18.7. The molecule has 25 heavy (non-hydrogen) atoms. The highest BCUT2D eigenvalue weighted by atomic mass is 16.3. The molecule has 2 rings (SSSR count). The van der Waals surface area contributed by atoms with Gasteiger partial charge in [-0.25, -0.2) is 0 Å². The van der Waals surface area contributed by atoms with Crippen molar-refractivity contribution < 1.29 is 24.6 Å². The molecule has 0 fully saturated rings. The Hall–Kier alpha value is -2.69. The molecule has 0 spiro atoms. The highest BCUT2D eigenvalue weighted by Crippen LogP contribution is 2.36. The molecule has 0 unspecified atom stereocenters. The van der Waals surface area contributed by atoms with Crippen LogP contribution >= 0.6 is 0 Å². The average molecular weight is 342 g/mol. The zero-order valence-electron chi connectivity index (χ0n) is 14.6. The van der Waals surface area contributed by atoms with Crippen molar-refractivity contribution in [3.8, 4) is 11.5 Å². The molecule has 0 heterocycles. The number of rotatable bonds is 6. The van der Waals surface area contributed by atoms with Gasteiger partial charge in [0.2, 0.25) is 0 Å². The lowest BCUT2D eigenvalue weighted by Gasteiger charge is -2.15. The van der Waals surface area contributed by atoms with E-state index in [-0.39, 0.29) is 23.1 Å². The maximum atomic E-state index is 12.4. The number of fused-ring (bicyclic) bond motifs is 1. The van der Waals surface area contributed by atoms with Crippen LogP contribution in [0.1, 0.15) is 71.1 Å². The van der Waals surface area contributed by atoms with Crippen molar-refractivity contribution in [3.05, 3.63) is 46.6 Å². The minimum atomic E-state index is -0.610. The first-order chi connectivity index (χ1) is 11.7. The summed E-state index contributed by atoms with van der Waals surface area (Å²) < 4.78 is 0. The lowest BCUT2D eigenvalue weighted by atomic mass is 9.89. The molecule has 2 N–H and O–H groups in total. The number of Topliss-reactive ketones (excluding diaryl/α,β-unsaturated/α-hetero) is 1. The highest BCUT2D eigenvalue weighted by molar-refractivity contribution is 6.25. The standard InChI is InChI=1S/C20H22O5/c1-11(2)4-5-12(3)6-7-14(21)13-10-17(24)18-15(22)8-9-16(23)19(18)20(13)25/h6,8-11,24-25H,4-5,7H2,1-3H3. The third-order valence-corrected chi connectivity index (χ3v) is 4.21. The quantitative estimate of drug-likeness (QED) is 0.463. The Morgan fingerprint density at radius 2 is 1.72 bits per heavy atom. The van der Waals surface area contributed by atoms with Crippen molar-refractivity contribution in [2.24, 2.45) is 5.92 Å². The Kier molecular flexibility index (Phi) is 5.57. The number of ketones is 3. The minimum Gasteiger partial charge on any atom is -0.507 e. The molecular formula is C20H22O5. The normalized spacial score (nSPS) is 14.2. The highest BCUT2D eigenvalue weighted by Gasteiger charge is 2.29. The summed E-state index contributed by atoms with van der Waals surface area (Å²) in [7, 11) is 0. The summed E-state index contributed by atoms with van der Waals surface area (Å²) >= 11 is 0. The van der Waals surface area contributed by atoms with E-state index in [0.29, 0.717) is 5.92 Å². The third-order valence-electron chi connectivity index (χ3n) is 4.21. The van der Waals surface area contributed by atoms with Gasteiger partial charge in [0.15, 0.2) is 17.3 Å². The number of hydrogen-bond acceptors (Lipinski definition) is 5. The van der Waals surface area contributed by atoms with Crippen molar-refractivity contribution in [1.29, 1.82) is 0 Å².